The number of pyridine rings is 1. The lowest BCUT2D eigenvalue weighted by molar-refractivity contribution is -0.123. The molecule has 0 spiro atoms. The molecule has 0 bridgehead atoms. The molecule has 2 N–H and O–H groups in total. The first-order chi connectivity index (χ1) is 12.7. The molecule has 6 nitrogen and oxygen atoms in total. The predicted molar refractivity (Wildman–Crippen MR) is 101 cm³/mol. The van der Waals surface area contributed by atoms with Gasteiger partial charge < -0.3 is 15.4 Å². The maximum atomic E-state index is 11.3. The smallest absolute Gasteiger partial charge is 0.220 e. The van der Waals surface area contributed by atoms with Gasteiger partial charge in [-0.25, -0.2) is 4.98 Å². The van der Waals surface area contributed by atoms with Crippen molar-refractivity contribution >= 4 is 11.7 Å². The Hall–Kier alpha value is -1.82. The van der Waals surface area contributed by atoms with Gasteiger partial charge in [-0.3, -0.25) is 9.69 Å². The van der Waals surface area contributed by atoms with Gasteiger partial charge in [-0.05, 0) is 50.6 Å². The normalized spacial score (nSPS) is 26.4. The lowest BCUT2D eigenvalue weighted by atomic mass is 9.80. The maximum absolute atomic E-state index is 11.3. The summed E-state index contributed by atoms with van der Waals surface area (Å²) in [5.41, 5.74) is 6.72. The summed E-state index contributed by atoms with van der Waals surface area (Å²) in [7, 11) is 0. The highest BCUT2D eigenvalue weighted by Crippen LogP contribution is 2.33. The van der Waals surface area contributed by atoms with Crippen LogP contribution in [0.4, 0.5) is 5.82 Å². The number of hydrogen-bond donors (Lipinski definition) is 1. The molecule has 0 unspecified atom stereocenters. The first-order valence-electron chi connectivity index (χ1n) is 10.1. The SMILES string of the molecule is NC(=O)[C@H]1CC[C@H](CCN2CCN(c3nccc4c3CCO4)CC2)CC1. The third-order valence-corrected chi connectivity index (χ3v) is 6.37. The molecule has 2 aliphatic heterocycles. The number of amides is 1. The van der Waals surface area contributed by atoms with Gasteiger partial charge in [-0.1, -0.05) is 0 Å². The highest BCUT2D eigenvalue weighted by Gasteiger charge is 2.27. The summed E-state index contributed by atoms with van der Waals surface area (Å²) in [6.45, 7) is 6.23. The zero-order valence-corrected chi connectivity index (χ0v) is 15.5. The summed E-state index contributed by atoms with van der Waals surface area (Å²) in [5.74, 6) is 2.93. The number of aromatic nitrogens is 1. The largest absolute Gasteiger partial charge is 0.493 e. The Morgan fingerprint density at radius 3 is 2.69 bits per heavy atom. The van der Waals surface area contributed by atoms with Crippen molar-refractivity contribution in [2.24, 2.45) is 17.6 Å². The fourth-order valence-corrected chi connectivity index (χ4v) is 4.65. The van der Waals surface area contributed by atoms with E-state index in [9.17, 15) is 4.79 Å². The van der Waals surface area contributed by atoms with Crippen molar-refractivity contribution < 1.29 is 9.53 Å². The average Bonchev–Trinajstić information content (AvgIpc) is 3.16. The maximum Gasteiger partial charge on any atom is 0.220 e. The zero-order chi connectivity index (χ0) is 17.9. The van der Waals surface area contributed by atoms with Crippen LogP contribution in [-0.4, -0.2) is 55.1 Å². The van der Waals surface area contributed by atoms with Crippen LogP contribution >= 0.6 is 0 Å². The van der Waals surface area contributed by atoms with Gasteiger partial charge in [-0.2, -0.15) is 0 Å². The number of carbonyl (C=O) groups excluding carboxylic acids is 1. The van der Waals surface area contributed by atoms with E-state index in [1.165, 1.54) is 18.5 Å². The number of fused-ring (bicyclic) bond motifs is 1. The van der Waals surface area contributed by atoms with Crippen LogP contribution in [0.25, 0.3) is 0 Å². The molecule has 1 saturated heterocycles. The molecule has 1 aromatic rings. The van der Waals surface area contributed by atoms with Crippen molar-refractivity contribution in [3.05, 3.63) is 17.8 Å². The number of nitrogens with zero attached hydrogens (tertiary/aromatic N) is 3. The van der Waals surface area contributed by atoms with E-state index in [2.05, 4.69) is 14.8 Å². The van der Waals surface area contributed by atoms with E-state index in [0.717, 1.165) is 82.4 Å². The minimum atomic E-state index is -0.106. The van der Waals surface area contributed by atoms with Crippen LogP contribution in [0, 0.1) is 11.8 Å². The highest BCUT2D eigenvalue weighted by molar-refractivity contribution is 5.76. The summed E-state index contributed by atoms with van der Waals surface area (Å²) < 4.78 is 5.67. The monoisotopic (exact) mass is 358 g/mol. The van der Waals surface area contributed by atoms with Crippen molar-refractivity contribution in [2.75, 3.05) is 44.2 Å². The van der Waals surface area contributed by atoms with Gasteiger partial charge in [0.2, 0.25) is 5.91 Å². The fraction of sp³-hybridized carbons (Fsp3) is 0.700. The van der Waals surface area contributed by atoms with Crippen molar-refractivity contribution in [1.82, 2.24) is 9.88 Å². The van der Waals surface area contributed by atoms with Crippen LogP contribution in [0.1, 0.15) is 37.7 Å². The number of rotatable bonds is 5. The van der Waals surface area contributed by atoms with Crippen LogP contribution in [-0.2, 0) is 11.2 Å². The Balaban J connectivity index is 1.22. The van der Waals surface area contributed by atoms with Crippen LogP contribution in [0.5, 0.6) is 5.75 Å². The molecule has 4 rings (SSSR count). The second kappa shape index (κ2) is 7.82. The van der Waals surface area contributed by atoms with Gasteiger partial charge in [0.25, 0.3) is 0 Å². The van der Waals surface area contributed by atoms with Crippen LogP contribution in [0.3, 0.4) is 0 Å². The van der Waals surface area contributed by atoms with E-state index >= 15 is 0 Å². The number of ether oxygens (including phenoxy) is 1. The third-order valence-electron chi connectivity index (χ3n) is 6.37. The zero-order valence-electron chi connectivity index (χ0n) is 15.5. The molecule has 0 atom stereocenters. The third kappa shape index (κ3) is 3.80. The van der Waals surface area contributed by atoms with Crippen molar-refractivity contribution in [3.8, 4) is 5.75 Å². The lowest BCUT2D eigenvalue weighted by Gasteiger charge is -2.37. The lowest BCUT2D eigenvalue weighted by Crippen LogP contribution is -2.47. The molecule has 26 heavy (non-hydrogen) atoms. The Bertz CT molecular complexity index is 635. The molecule has 3 heterocycles. The molecule has 0 aromatic carbocycles. The first kappa shape index (κ1) is 17.6. The molecular formula is C20H30N4O2. The van der Waals surface area contributed by atoms with Crippen molar-refractivity contribution in [2.45, 2.75) is 38.5 Å². The van der Waals surface area contributed by atoms with Gasteiger partial charge in [0, 0.05) is 50.3 Å². The van der Waals surface area contributed by atoms with E-state index in [1.807, 2.05) is 12.3 Å². The Kier molecular flexibility index (Phi) is 5.29. The van der Waals surface area contributed by atoms with E-state index < -0.39 is 0 Å². The second-order valence-corrected chi connectivity index (χ2v) is 7.95. The Labute approximate surface area is 155 Å². The Morgan fingerprint density at radius 1 is 1.19 bits per heavy atom. The summed E-state index contributed by atoms with van der Waals surface area (Å²) in [5, 5.41) is 0. The molecule has 3 aliphatic rings. The van der Waals surface area contributed by atoms with Gasteiger partial charge in [-0.15, -0.1) is 0 Å². The number of nitrogens with two attached hydrogens (primary N) is 1. The van der Waals surface area contributed by atoms with E-state index in [0.29, 0.717) is 0 Å². The van der Waals surface area contributed by atoms with E-state index in [4.69, 9.17) is 10.5 Å². The Morgan fingerprint density at radius 2 is 1.96 bits per heavy atom. The van der Waals surface area contributed by atoms with Crippen LogP contribution in [0.15, 0.2) is 12.3 Å². The molecule has 2 fully saturated rings. The molecule has 0 radical (unpaired) electrons. The van der Waals surface area contributed by atoms with Gasteiger partial charge in [0.1, 0.15) is 11.6 Å². The standard InChI is InChI=1S/C20H30N4O2/c21-19(25)16-3-1-15(2-4-16)6-9-23-10-12-24(13-11-23)20-17-7-14-26-18(17)5-8-22-20/h5,8,15-16H,1-4,6-7,9-14H2,(H2,21,25)/t15-,16-. The summed E-state index contributed by atoms with van der Waals surface area (Å²) in [6.07, 6.45) is 8.39. The number of primary amides is 1. The summed E-state index contributed by atoms with van der Waals surface area (Å²) in [6, 6.07) is 1.98. The molecule has 1 aromatic heterocycles. The van der Waals surface area contributed by atoms with Crippen LogP contribution in [0.2, 0.25) is 0 Å². The first-order valence-corrected chi connectivity index (χ1v) is 10.1. The van der Waals surface area contributed by atoms with E-state index in [-0.39, 0.29) is 11.8 Å². The summed E-state index contributed by atoms with van der Waals surface area (Å²) in [4.78, 5) is 20.9. The number of anilines is 1. The molecule has 1 saturated carbocycles. The fourth-order valence-electron chi connectivity index (χ4n) is 4.65. The van der Waals surface area contributed by atoms with Gasteiger partial charge >= 0.3 is 0 Å². The number of carbonyl (C=O) groups is 1. The topological polar surface area (TPSA) is 71.7 Å². The minimum Gasteiger partial charge on any atom is -0.493 e. The number of hydrogen-bond acceptors (Lipinski definition) is 5. The van der Waals surface area contributed by atoms with E-state index in [1.54, 1.807) is 0 Å². The highest BCUT2D eigenvalue weighted by atomic mass is 16.5. The molecular weight excluding hydrogens is 328 g/mol. The molecule has 142 valence electrons. The molecule has 6 heteroatoms. The van der Waals surface area contributed by atoms with Crippen LogP contribution < -0.4 is 15.4 Å². The predicted octanol–water partition coefficient (Wildman–Crippen LogP) is 1.82. The van der Waals surface area contributed by atoms with Gasteiger partial charge in [0.05, 0.1) is 6.61 Å². The second-order valence-electron chi connectivity index (χ2n) is 7.95. The average molecular weight is 358 g/mol. The molecule has 1 aliphatic carbocycles. The van der Waals surface area contributed by atoms with Gasteiger partial charge in [0.15, 0.2) is 0 Å². The molecule has 1 amide bonds. The van der Waals surface area contributed by atoms with Crippen molar-refractivity contribution in [1.29, 1.82) is 0 Å². The minimum absolute atomic E-state index is 0.106. The number of piperazine rings is 1. The quantitative estimate of drug-likeness (QED) is 0.869. The summed E-state index contributed by atoms with van der Waals surface area (Å²) >= 11 is 0. The van der Waals surface area contributed by atoms with Crippen molar-refractivity contribution in [3.63, 3.8) is 0 Å².